The van der Waals surface area contributed by atoms with E-state index < -0.39 is 5.97 Å². The van der Waals surface area contributed by atoms with Crippen molar-refractivity contribution in [2.45, 2.75) is 64.4 Å². The number of aryl methyl sites for hydroxylation is 3. The first kappa shape index (κ1) is 23.5. The highest BCUT2D eigenvalue weighted by Crippen LogP contribution is 2.55. The summed E-state index contributed by atoms with van der Waals surface area (Å²) in [6.07, 6.45) is 3.31. The lowest BCUT2D eigenvalue weighted by Crippen LogP contribution is -2.01. The van der Waals surface area contributed by atoms with Crippen molar-refractivity contribution in [3.63, 3.8) is 0 Å². The Balaban J connectivity index is 1.21. The molecule has 0 radical (unpaired) electrons. The van der Waals surface area contributed by atoms with Crippen molar-refractivity contribution in [3.8, 4) is 17.0 Å². The second kappa shape index (κ2) is 9.22. The van der Waals surface area contributed by atoms with E-state index >= 15 is 0 Å². The summed E-state index contributed by atoms with van der Waals surface area (Å²) in [5, 5.41) is 13.8. The second-order valence-corrected chi connectivity index (χ2v) is 10.6. The summed E-state index contributed by atoms with van der Waals surface area (Å²) in [4.78, 5) is 11.4. The zero-order chi connectivity index (χ0) is 25.7. The second-order valence-electron chi connectivity index (χ2n) is 10.6. The van der Waals surface area contributed by atoms with Gasteiger partial charge in [-0.05, 0) is 104 Å². The number of benzene rings is 3. The minimum atomic E-state index is -0.879. The van der Waals surface area contributed by atoms with Crippen molar-refractivity contribution in [2.24, 2.45) is 0 Å². The van der Waals surface area contributed by atoms with E-state index in [4.69, 9.17) is 9.26 Å². The maximum absolute atomic E-state index is 11.4. The van der Waals surface area contributed by atoms with Gasteiger partial charge in [0.2, 0.25) is 0 Å². The Morgan fingerprint density at radius 1 is 0.973 bits per heavy atom. The lowest BCUT2D eigenvalue weighted by molar-refractivity contribution is 0.0696. The molecule has 4 aromatic rings. The summed E-state index contributed by atoms with van der Waals surface area (Å²) in [5.41, 5.74) is 9.41. The third-order valence-electron chi connectivity index (χ3n) is 7.86. The van der Waals surface area contributed by atoms with E-state index in [-0.39, 0.29) is 0 Å². The van der Waals surface area contributed by atoms with Crippen molar-refractivity contribution in [1.29, 1.82) is 0 Å². The highest BCUT2D eigenvalue weighted by atomic mass is 16.5. The Labute approximate surface area is 217 Å². The molecule has 0 saturated heterocycles. The molecule has 6 rings (SSSR count). The van der Waals surface area contributed by atoms with Crippen molar-refractivity contribution in [2.75, 3.05) is 0 Å². The van der Waals surface area contributed by atoms with Gasteiger partial charge in [0.15, 0.2) is 0 Å². The molecule has 1 aromatic heterocycles. The number of aromatic nitrogens is 1. The first-order valence-corrected chi connectivity index (χ1v) is 13.0. The zero-order valence-corrected chi connectivity index (χ0v) is 21.5. The number of ether oxygens (including phenoxy) is 1. The molecule has 2 atom stereocenters. The molecule has 1 heterocycles. The van der Waals surface area contributed by atoms with Crippen LogP contribution in [-0.4, -0.2) is 16.2 Å². The van der Waals surface area contributed by atoms with Gasteiger partial charge in [0.25, 0.3) is 0 Å². The van der Waals surface area contributed by atoms with E-state index in [1.807, 2.05) is 24.3 Å². The van der Waals surface area contributed by atoms with Gasteiger partial charge in [-0.2, -0.15) is 0 Å². The maximum atomic E-state index is 11.4. The highest BCUT2D eigenvalue weighted by molar-refractivity contribution is 5.87. The van der Waals surface area contributed by atoms with Crippen molar-refractivity contribution in [1.82, 2.24) is 5.16 Å². The number of carboxylic acid groups (broad SMARTS) is 1. The number of carboxylic acids is 1. The van der Waals surface area contributed by atoms with Crippen LogP contribution in [0.2, 0.25) is 0 Å². The summed E-state index contributed by atoms with van der Waals surface area (Å²) >= 11 is 0. The molecular formula is C32H31NO4. The minimum absolute atomic E-state index is 0.350. The van der Waals surface area contributed by atoms with Gasteiger partial charge in [-0.15, -0.1) is 0 Å². The molecule has 188 valence electrons. The largest absolute Gasteiger partial charge is 0.489 e. The molecule has 0 spiro atoms. The monoisotopic (exact) mass is 493 g/mol. The molecule has 2 aliphatic rings. The predicted octanol–water partition coefficient (Wildman–Crippen LogP) is 7.69. The van der Waals surface area contributed by atoms with Gasteiger partial charge in [0.05, 0.1) is 11.1 Å². The SMILES string of the molecule is Cc1cc(OCc2c(-c3c(C)cccc3C)noc2C2CC2)ccc1C1CC1c1cccc(C(=O)O)c1. The average Bonchev–Trinajstić information content (AvgIpc) is 3.81. The van der Waals surface area contributed by atoms with Gasteiger partial charge in [0.1, 0.15) is 23.8 Å². The maximum Gasteiger partial charge on any atom is 0.335 e. The number of rotatable bonds is 8. The molecule has 1 N–H and O–H groups in total. The lowest BCUT2D eigenvalue weighted by atomic mass is 9.96. The third kappa shape index (κ3) is 4.55. The number of nitrogens with zero attached hydrogens (tertiary/aromatic N) is 1. The van der Waals surface area contributed by atoms with Crippen LogP contribution in [0.3, 0.4) is 0 Å². The van der Waals surface area contributed by atoms with Crippen LogP contribution >= 0.6 is 0 Å². The predicted molar refractivity (Wildman–Crippen MR) is 142 cm³/mol. The Hall–Kier alpha value is -3.86. The number of hydrogen-bond acceptors (Lipinski definition) is 4. The third-order valence-corrected chi connectivity index (χ3v) is 7.86. The van der Waals surface area contributed by atoms with E-state index in [1.54, 1.807) is 6.07 Å². The van der Waals surface area contributed by atoms with Gasteiger partial charge in [-0.1, -0.05) is 41.6 Å². The van der Waals surface area contributed by atoms with Gasteiger partial charge in [-0.3, -0.25) is 0 Å². The quantitative estimate of drug-likeness (QED) is 0.272. The Kier molecular flexibility index (Phi) is 5.86. The van der Waals surface area contributed by atoms with Crippen LogP contribution in [0.4, 0.5) is 0 Å². The summed E-state index contributed by atoms with van der Waals surface area (Å²) in [6.45, 7) is 6.78. The molecule has 2 saturated carbocycles. The van der Waals surface area contributed by atoms with Crippen LogP contribution in [0, 0.1) is 20.8 Å². The molecular weight excluding hydrogens is 462 g/mol. The average molecular weight is 494 g/mol. The molecule has 3 aromatic carbocycles. The molecule has 2 unspecified atom stereocenters. The van der Waals surface area contributed by atoms with E-state index in [9.17, 15) is 9.90 Å². The summed E-state index contributed by atoms with van der Waals surface area (Å²) in [5.74, 6) is 2.14. The summed E-state index contributed by atoms with van der Waals surface area (Å²) in [6, 6.07) is 20.0. The molecule has 5 heteroatoms. The standard InChI is InChI=1S/C32H31NO4/c1-18-6-4-7-19(2)29(18)30-28(31(37-33-30)21-10-11-21)17-36-24-12-13-25(20(3)14-24)27-16-26(27)22-8-5-9-23(15-22)32(34)35/h4-9,12-15,21,26-27H,10-11,16-17H2,1-3H3,(H,34,35). The highest BCUT2D eigenvalue weighted by Gasteiger charge is 2.40. The van der Waals surface area contributed by atoms with Crippen molar-refractivity contribution in [3.05, 3.63) is 105 Å². The number of hydrogen-bond donors (Lipinski definition) is 1. The van der Waals surface area contributed by atoms with Gasteiger partial charge >= 0.3 is 5.97 Å². The first-order chi connectivity index (χ1) is 17.9. The van der Waals surface area contributed by atoms with Crippen LogP contribution in [0.5, 0.6) is 5.75 Å². The zero-order valence-electron chi connectivity index (χ0n) is 21.5. The van der Waals surface area contributed by atoms with E-state index in [0.717, 1.165) is 53.2 Å². The first-order valence-electron chi connectivity index (χ1n) is 13.0. The molecule has 0 amide bonds. The Morgan fingerprint density at radius 3 is 2.43 bits per heavy atom. The Bertz CT molecular complexity index is 1480. The molecule has 2 fully saturated rings. The smallest absolute Gasteiger partial charge is 0.335 e. The van der Waals surface area contributed by atoms with Gasteiger partial charge in [0, 0.05) is 11.5 Å². The van der Waals surface area contributed by atoms with Crippen LogP contribution in [0.25, 0.3) is 11.3 Å². The fraction of sp³-hybridized carbons (Fsp3) is 0.312. The van der Waals surface area contributed by atoms with Crippen molar-refractivity contribution < 1.29 is 19.2 Å². The van der Waals surface area contributed by atoms with Crippen LogP contribution < -0.4 is 4.74 Å². The molecule has 0 bridgehead atoms. The number of aromatic carboxylic acids is 1. The molecule has 0 aliphatic heterocycles. The topological polar surface area (TPSA) is 72.6 Å². The summed E-state index contributed by atoms with van der Waals surface area (Å²) < 4.78 is 12.2. The normalized spacial score (nSPS) is 18.6. The fourth-order valence-electron chi connectivity index (χ4n) is 5.63. The Morgan fingerprint density at radius 2 is 1.73 bits per heavy atom. The minimum Gasteiger partial charge on any atom is -0.489 e. The number of carbonyl (C=O) groups is 1. The van der Waals surface area contributed by atoms with E-state index in [0.29, 0.717) is 29.9 Å². The van der Waals surface area contributed by atoms with Gasteiger partial charge < -0.3 is 14.4 Å². The lowest BCUT2D eigenvalue weighted by Gasteiger charge is -2.13. The fourth-order valence-corrected chi connectivity index (χ4v) is 5.63. The van der Waals surface area contributed by atoms with Crippen molar-refractivity contribution >= 4 is 5.97 Å². The molecule has 5 nitrogen and oxygen atoms in total. The van der Waals surface area contributed by atoms with Crippen LogP contribution in [-0.2, 0) is 6.61 Å². The van der Waals surface area contributed by atoms with Crippen LogP contribution in [0.1, 0.15) is 86.5 Å². The molecule has 37 heavy (non-hydrogen) atoms. The van der Waals surface area contributed by atoms with Gasteiger partial charge in [-0.25, -0.2) is 4.79 Å². The van der Waals surface area contributed by atoms with Crippen LogP contribution in [0.15, 0.2) is 65.2 Å². The molecule has 2 aliphatic carbocycles. The van der Waals surface area contributed by atoms with E-state index in [1.165, 1.54) is 22.3 Å². The summed E-state index contributed by atoms with van der Waals surface area (Å²) in [7, 11) is 0. The van der Waals surface area contributed by atoms with E-state index in [2.05, 4.69) is 56.3 Å².